The lowest BCUT2D eigenvalue weighted by atomic mass is 9.96. The van der Waals surface area contributed by atoms with E-state index in [2.05, 4.69) is 5.32 Å². The van der Waals surface area contributed by atoms with E-state index in [1.54, 1.807) is 6.92 Å². The van der Waals surface area contributed by atoms with Crippen LogP contribution in [0.4, 0.5) is 4.79 Å². The molecule has 1 aliphatic carbocycles. The SMILES string of the molecule is Cc1ccc(OC[C@@H](O)CN2C(=O)N[C@@](C)(C3CC3)C2=O)c(C)c1. The van der Waals surface area contributed by atoms with E-state index in [4.69, 9.17) is 4.74 Å². The van der Waals surface area contributed by atoms with E-state index < -0.39 is 17.7 Å². The summed E-state index contributed by atoms with van der Waals surface area (Å²) >= 11 is 0. The van der Waals surface area contributed by atoms with Crippen LogP contribution in [0.3, 0.4) is 0 Å². The maximum absolute atomic E-state index is 12.5. The largest absolute Gasteiger partial charge is 0.491 e. The average Bonchev–Trinajstić information content (AvgIpc) is 3.33. The van der Waals surface area contributed by atoms with Crippen LogP contribution >= 0.6 is 0 Å². The van der Waals surface area contributed by atoms with E-state index >= 15 is 0 Å². The molecule has 1 aromatic carbocycles. The number of carbonyl (C=O) groups excluding carboxylic acids is 2. The maximum Gasteiger partial charge on any atom is 0.325 e. The van der Waals surface area contributed by atoms with E-state index in [9.17, 15) is 14.7 Å². The van der Waals surface area contributed by atoms with Gasteiger partial charge in [0.2, 0.25) is 0 Å². The Morgan fingerprint density at radius 2 is 2.08 bits per heavy atom. The predicted octanol–water partition coefficient (Wildman–Crippen LogP) is 1.76. The molecular formula is C18H24N2O4. The van der Waals surface area contributed by atoms with Gasteiger partial charge in [0.05, 0.1) is 6.54 Å². The van der Waals surface area contributed by atoms with E-state index in [0.717, 1.165) is 28.9 Å². The van der Waals surface area contributed by atoms with Crippen LogP contribution in [0, 0.1) is 19.8 Å². The molecule has 0 spiro atoms. The van der Waals surface area contributed by atoms with Crippen molar-refractivity contribution >= 4 is 11.9 Å². The highest BCUT2D eigenvalue weighted by atomic mass is 16.5. The van der Waals surface area contributed by atoms with Crippen molar-refractivity contribution < 1.29 is 19.4 Å². The Morgan fingerprint density at radius 3 is 2.71 bits per heavy atom. The summed E-state index contributed by atoms with van der Waals surface area (Å²) in [6, 6.07) is 5.36. The van der Waals surface area contributed by atoms with Gasteiger partial charge in [-0.2, -0.15) is 0 Å². The number of carbonyl (C=O) groups is 2. The molecule has 2 fully saturated rings. The quantitative estimate of drug-likeness (QED) is 0.778. The number of hydrogen-bond acceptors (Lipinski definition) is 4. The zero-order valence-electron chi connectivity index (χ0n) is 14.3. The number of β-amino-alcohol motifs (C(OH)–C–C–N with tert-alkyl or cyclic N) is 1. The first-order chi connectivity index (χ1) is 11.3. The smallest absolute Gasteiger partial charge is 0.325 e. The monoisotopic (exact) mass is 332 g/mol. The fourth-order valence-corrected chi connectivity index (χ4v) is 3.23. The first-order valence-electron chi connectivity index (χ1n) is 8.33. The Morgan fingerprint density at radius 1 is 1.38 bits per heavy atom. The molecule has 2 atom stereocenters. The molecule has 3 rings (SSSR count). The molecule has 0 aromatic heterocycles. The third kappa shape index (κ3) is 3.11. The summed E-state index contributed by atoms with van der Waals surface area (Å²) in [5, 5.41) is 12.9. The third-order valence-electron chi connectivity index (χ3n) is 4.85. The molecule has 24 heavy (non-hydrogen) atoms. The normalized spacial score (nSPS) is 24.9. The number of aliphatic hydroxyl groups excluding tert-OH is 1. The van der Waals surface area contributed by atoms with Crippen LogP contribution in [0.15, 0.2) is 18.2 Å². The van der Waals surface area contributed by atoms with Gasteiger partial charge in [-0.1, -0.05) is 17.7 Å². The van der Waals surface area contributed by atoms with Gasteiger partial charge in [-0.25, -0.2) is 4.79 Å². The highest BCUT2D eigenvalue weighted by molar-refractivity contribution is 6.07. The van der Waals surface area contributed by atoms with Crippen molar-refractivity contribution in [1.82, 2.24) is 10.2 Å². The number of aryl methyl sites for hydroxylation is 2. The van der Waals surface area contributed by atoms with Gasteiger partial charge in [0.25, 0.3) is 5.91 Å². The number of aliphatic hydroxyl groups is 1. The number of amides is 3. The molecular weight excluding hydrogens is 308 g/mol. The van der Waals surface area contributed by atoms with Crippen LogP contribution in [0.2, 0.25) is 0 Å². The van der Waals surface area contributed by atoms with Crippen LogP contribution in [-0.2, 0) is 4.79 Å². The van der Waals surface area contributed by atoms with Crippen molar-refractivity contribution in [2.45, 2.75) is 45.3 Å². The van der Waals surface area contributed by atoms with Gasteiger partial charge in [0, 0.05) is 0 Å². The Balaban J connectivity index is 1.57. The molecule has 1 saturated heterocycles. The summed E-state index contributed by atoms with van der Waals surface area (Å²) in [4.78, 5) is 25.7. The lowest BCUT2D eigenvalue weighted by Crippen LogP contribution is -2.46. The van der Waals surface area contributed by atoms with Crippen LogP contribution in [0.1, 0.15) is 30.9 Å². The number of urea groups is 1. The highest BCUT2D eigenvalue weighted by Crippen LogP contribution is 2.42. The van der Waals surface area contributed by atoms with E-state index in [1.165, 1.54) is 0 Å². The Hall–Kier alpha value is -2.08. The Bertz CT molecular complexity index is 671. The van der Waals surface area contributed by atoms with Gasteiger partial charge in [-0.15, -0.1) is 0 Å². The third-order valence-corrected chi connectivity index (χ3v) is 4.85. The molecule has 2 N–H and O–H groups in total. The van der Waals surface area contributed by atoms with Crippen LogP contribution < -0.4 is 10.1 Å². The van der Waals surface area contributed by atoms with E-state index in [0.29, 0.717) is 5.75 Å². The topological polar surface area (TPSA) is 78.9 Å². The summed E-state index contributed by atoms with van der Waals surface area (Å²) in [7, 11) is 0. The minimum absolute atomic E-state index is 0.0289. The molecule has 6 heteroatoms. The second kappa shape index (κ2) is 6.09. The lowest BCUT2D eigenvalue weighted by Gasteiger charge is -2.22. The summed E-state index contributed by atoms with van der Waals surface area (Å²) in [6.07, 6.45) is 0.977. The number of ether oxygens (including phenoxy) is 1. The summed E-state index contributed by atoms with van der Waals surface area (Å²) in [5.74, 6) is 0.655. The second-order valence-electron chi connectivity index (χ2n) is 7.06. The van der Waals surface area contributed by atoms with Crippen molar-refractivity contribution in [2.75, 3.05) is 13.2 Å². The zero-order valence-corrected chi connectivity index (χ0v) is 14.3. The van der Waals surface area contributed by atoms with Gasteiger partial charge < -0.3 is 15.2 Å². The van der Waals surface area contributed by atoms with Crippen molar-refractivity contribution in [3.63, 3.8) is 0 Å². The average molecular weight is 332 g/mol. The van der Waals surface area contributed by atoms with Crippen molar-refractivity contribution in [1.29, 1.82) is 0 Å². The first-order valence-corrected chi connectivity index (χ1v) is 8.33. The molecule has 2 aliphatic rings. The molecule has 1 heterocycles. The summed E-state index contributed by atoms with van der Waals surface area (Å²) in [6.45, 7) is 5.68. The summed E-state index contributed by atoms with van der Waals surface area (Å²) < 4.78 is 5.63. The molecule has 0 unspecified atom stereocenters. The maximum atomic E-state index is 12.5. The molecule has 130 valence electrons. The minimum atomic E-state index is -0.929. The van der Waals surface area contributed by atoms with Crippen LogP contribution in [-0.4, -0.2) is 46.7 Å². The molecule has 0 bridgehead atoms. The molecule has 3 amide bonds. The fraction of sp³-hybridized carbons (Fsp3) is 0.556. The number of benzene rings is 1. The number of rotatable bonds is 6. The highest BCUT2D eigenvalue weighted by Gasteiger charge is 2.56. The fourth-order valence-electron chi connectivity index (χ4n) is 3.23. The number of nitrogens with one attached hydrogen (secondary N) is 1. The van der Waals surface area contributed by atoms with Gasteiger partial charge in [0.1, 0.15) is 24.0 Å². The van der Waals surface area contributed by atoms with Crippen molar-refractivity contribution in [3.05, 3.63) is 29.3 Å². The van der Waals surface area contributed by atoms with Gasteiger partial charge in [-0.3, -0.25) is 9.69 Å². The first kappa shape index (κ1) is 16.8. The van der Waals surface area contributed by atoms with Gasteiger partial charge in [-0.05, 0) is 51.2 Å². The van der Waals surface area contributed by atoms with E-state index in [-0.39, 0.29) is 25.0 Å². The molecule has 1 aliphatic heterocycles. The number of imide groups is 1. The Kier molecular flexibility index (Phi) is 4.25. The standard InChI is InChI=1S/C18H24N2O4/c1-11-4-7-15(12(2)8-11)24-10-14(21)9-20-16(22)18(3,13-5-6-13)19-17(20)23/h4,7-8,13-14,21H,5-6,9-10H2,1-3H3,(H,19,23)/t14-,18-/m0/s1. The molecule has 0 radical (unpaired) electrons. The van der Waals surface area contributed by atoms with Crippen molar-refractivity contribution in [3.8, 4) is 5.75 Å². The Labute approximate surface area is 141 Å². The van der Waals surface area contributed by atoms with Gasteiger partial charge in [0.15, 0.2) is 0 Å². The summed E-state index contributed by atoms with van der Waals surface area (Å²) in [5.41, 5.74) is 1.31. The number of hydrogen-bond donors (Lipinski definition) is 2. The van der Waals surface area contributed by atoms with Crippen molar-refractivity contribution in [2.24, 2.45) is 5.92 Å². The van der Waals surface area contributed by atoms with Crippen LogP contribution in [0.25, 0.3) is 0 Å². The molecule has 6 nitrogen and oxygen atoms in total. The number of nitrogens with zero attached hydrogens (tertiary/aromatic N) is 1. The van der Waals surface area contributed by atoms with E-state index in [1.807, 2.05) is 32.0 Å². The lowest BCUT2D eigenvalue weighted by molar-refractivity contribution is -0.132. The molecule has 1 aromatic rings. The van der Waals surface area contributed by atoms with Crippen LogP contribution in [0.5, 0.6) is 5.75 Å². The minimum Gasteiger partial charge on any atom is -0.491 e. The molecule has 1 saturated carbocycles. The second-order valence-corrected chi connectivity index (χ2v) is 7.06. The van der Waals surface area contributed by atoms with Gasteiger partial charge >= 0.3 is 6.03 Å². The zero-order chi connectivity index (χ0) is 17.5. The predicted molar refractivity (Wildman–Crippen MR) is 88.8 cm³/mol.